The fourth-order valence-electron chi connectivity index (χ4n) is 3.35. The number of pyridine rings is 1. The number of anilines is 1. The van der Waals surface area contributed by atoms with Crippen LogP contribution in [0.15, 0.2) is 24.5 Å². The molecule has 0 amide bonds. The van der Waals surface area contributed by atoms with Crippen LogP contribution in [0.5, 0.6) is 5.88 Å². The lowest BCUT2D eigenvalue weighted by molar-refractivity contribution is -0.138. The third-order valence-electron chi connectivity index (χ3n) is 4.69. The van der Waals surface area contributed by atoms with E-state index in [9.17, 15) is 17.6 Å². The molecular weight excluding hydrogens is 392 g/mol. The van der Waals surface area contributed by atoms with Gasteiger partial charge in [-0.05, 0) is 31.5 Å². The summed E-state index contributed by atoms with van der Waals surface area (Å²) in [5, 5.41) is 6.02. The van der Waals surface area contributed by atoms with Crippen LogP contribution < -0.4 is 15.4 Å². The van der Waals surface area contributed by atoms with Crippen molar-refractivity contribution in [3.05, 3.63) is 35.9 Å². The second-order valence-electron chi connectivity index (χ2n) is 6.68. The predicted octanol–water partition coefficient (Wildman–Crippen LogP) is 3.12. The first-order chi connectivity index (χ1) is 13.9. The second kappa shape index (κ2) is 7.47. The molecule has 1 aliphatic heterocycles. The molecule has 7 nitrogen and oxygen atoms in total. The van der Waals surface area contributed by atoms with Crippen molar-refractivity contribution in [1.82, 2.24) is 24.7 Å². The van der Waals surface area contributed by atoms with Gasteiger partial charge < -0.3 is 15.4 Å². The maximum absolute atomic E-state index is 13.7. The minimum Gasteiger partial charge on any atom is -0.480 e. The fraction of sp³-hybridized carbons (Fsp3) is 0.389. The van der Waals surface area contributed by atoms with Gasteiger partial charge in [0.1, 0.15) is 23.0 Å². The van der Waals surface area contributed by atoms with Crippen LogP contribution in [-0.2, 0) is 6.18 Å². The van der Waals surface area contributed by atoms with Gasteiger partial charge in [-0.1, -0.05) is 0 Å². The average molecular weight is 410 g/mol. The van der Waals surface area contributed by atoms with Crippen molar-refractivity contribution < 1.29 is 22.3 Å². The van der Waals surface area contributed by atoms with Crippen LogP contribution in [-0.4, -0.2) is 45.6 Å². The molecule has 0 radical (unpaired) electrons. The summed E-state index contributed by atoms with van der Waals surface area (Å²) in [6, 6.07) is 2.47. The highest BCUT2D eigenvalue weighted by Crippen LogP contribution is 2.41. The van der Waals surface area contributed by atoms with Crippen molar-refractivity contribution in [2.24, 2.45) is 0 Å². The van der Waals surface area contributed by atoms with Gasteiger partial charge in [-0.2, -0.15) is 18.2 Å². The summed E-state index contributed by atoms with van der Waals surface area (Å²) in [4.78, 5) is 12.2. The van der Waals surface area contributed by atoms with Crippen molar-refractivity contribution in [3.63, 3.8) is 0 Å². The van der Waals surface area contributed by atoms with Crippen molar-refractivity contribution in [1.29, 1.82) is 0 Å². The van der Waals surface area contributed by atoms with Gasteiger partial charge in [-0.15, -0.1) is 0 Å². The number of halogens is 4. The van der Waals surface area contributed by atoms with Crippen molar-refractivity contribution in [3.8, 4) is 17.4 Å². The van der Waals surface area contributed by atoms with Crippen LogP contribution in [0, 0.1) is 5.82 Å². The van der Waals surface area contributed by atoms with Gasteiger partial charge in [0.05, 0.1) is 13.3 Å². The highest BCUT2D eigenvalue weighted by Gasteiger charge is 2.40. The van der Waals surface area contributed by atoms with E-state index in [2.05, 4.69) is 25.6 Å². The Balaban J connectivity index is 1.86. The first kappa shape index (κ1) is 19.4. The second-order valence-corrected chi connectivity index (χ2v) is 6.68. The maximum Gasteiger partial charge on any atom is 0.425 e. The first-order valence-electron chi connectivity index (χ1n) is 9.00. The van der Waals surface area contributed by atoms with E-state index in [-0.39, 0.29) is 23.4 Å². The Morgan fingerprint density at radius 1 is 1.28 bits per heavy atom. The Morgan fingerprint density at radius 3 is 2.79 bits per heavy atom. The highest BCUT2D eigenvalue weighted by atomic mass is 19.4. The van der Waals surface area contributed by atoms with E-state index in [0.29, 0.717) is 18.6 Å². The van der Waals surface area contributed by atoms with Gasteiger partial charge in [0.25, 0.3) is 0 Å². The van der Waals surface area contributed by atoms with E-state index < -0.39 is 23.4 Å². The molecule has 0 aliphatic carbocycles. The van der Waals surface area contributed by atoms with Gasteiger partial charge in [0, 0.05) is 18.8 Å². The Morgan fingerprint density at radius 2 is 2.10 bits per heavy atom. The molecule has 0 saturated carbocycles. The van der Waals surface area contributed by atoms with Crippen LogP contribution in [0.4, 0.5) is 23.4 Å². The molecule has 1 saturated heterocycles. The molecule has 11 heteroatoms. The number of methoxy groups -OCH3 is 1. The zero-order valence-corrected chi connectivity index (χ0v) is 15.4. The van der Waals surface area contributed by atoms with Gasteiger partial charge in [-0.25, -0.2) is 14.4 Å². The molecular formula is C18H18F4N6O. The molecule has 1 fully saturated rings. The first-order valence-corrected chi connectivity index (χ1v) is 9.00. The lowest BCUT2D eigenvalue weighted by atomic mass is 10.1. The summed E-state index contributed by atoms with van der Waals surface area (Å²) >= 11 is 0. The monoisotopic (exact) mass is 410 g/mol. The molecule has 29 heavy (non-hydrogen) atoms. The molecule has 154 valence electrons. The molecule has 0 aromatic carbocycles. The Labute approximate surface area is 163 Å². The van der Waals surface area contributed by atoms with E-state index >= 15 is 0 Å². The van der Waals surface area contributed by atoms with Crippen molar-refractivity contribution >= 4 is 11.5 Å². The molecule has 1 aliphatic rings. The number of fused-ring (bicyclic) bond motifs is 1. The normalized spacial score (nSPS) is 17.5. The molecule has 3 aromatic heterocycles. The Bertz CT molecular complexity index is 1030. The standard InChI is InChI=1S/C18H18F4N6O/c1-29-17-14(18(20,21)22)16(25-11-3-2-6-23-7-11)26-15(27-17)12-8-24-13-5-4-10(19)9-28(12)13/h4-5,8-9,11,23H,2-3,6-7H2,1H3,(H,25,26,27)/t11-/m1/s1. The third-order valence-corrected chi connectivity index (χ3v) is 4.69. The van der Waals surface area contributed by atoms with Gasteiger partial charge >= 0.3 is 6.18 Å². The molecule has 4 heterocycles. The lowest BCUT2D eigenvalue weighted by Crippen LogP contribution is -2.39. The number of rotatable bonds is 4. The van der Waals surface area contributed by atoms with Gasteiger partial charge in [0.15, 0.2) is 11.4 Å². The van der Waals surface area contributed by atoms with Crippen LogP contribution in [0.25, 0.3) is 17.2 Å². The molecule has 4 rings (SSSR count). The van der Waals surface area contributed by atoms with Crippen LogP contribution in [0.2, 0.25) is 0 Å². The third kappa shape index (κ3) is 3.82. The predicted molar refractivity (Wildman–Crippen MR) is 97.2 cm³/mol. The Kier molecular flexibility index (Phi) is 4.99. The summed E-state index contributed by atoms with van der Waals surface area (Å²) in [5.41, 5.74) is -0.416. The van der Waals surface area contributed by atoms with Crippen LogP contribution in [0.3, 0.4) is 0 Å². The summed E-state index contributed by atoms with van der Waals surface area (Å²) in [6.07, 6.45) is -0.640. The minimum atomic E-state index is -4.72. The van der Waals surface area contributed by atoms with Gasteiger partial charge in [-0.3, -0.25) is 4.40 Å². The maximum atomic E-state index is 13.7. The lowest BCUT2D eigenvalue weighted by Gasteiger charge is -2.26. The van der Waals surface area contributed by atoms with E-state index in [1.54, 1.807) is 0 Å². The van der Waals surface area contributed by atoms with Crippen molar-refractivity contribution in [2.45, 2.75) is 25.1 Å². The number of hydrogen-bond acceptors (Lipinski definition) is 6. The zero-order valence-electron chi connectivity index (χ0n) is 15.4. The Hall–Kier alpha value is -2.95. The highest BCUT2D eigenvalue weighted by molar-refractivity contribution is 5.62. The number of aromatic nitrogens is 4. The van der Waals surface area contributed by atoms with E-state index in [1.807, 2.05) is 0 Å². The number of nitrogens with zero attached hydrogens (tertiary/aromatic N) is 4. The molecule has 1 atom stereocenters. The number of hydrogen-bond donors (Lipinski definition) is 2. The number of alkyl halides is 3. The quantitative estimate of drug-likeness (QED) is 0.644. The van der Waals surface area contributed by atoms with E-state index in [0.717, 1.165) is 20.1 Å². The minimum absolute atomic E-state index is 0.0563. The van der Waals surface area contributed by atoms with E-state index in [1.165, 1.54) is 28.9 Å². The SMILES string of the molecule is COc1nc(-c2cnc3ccc(F)cn23)nc(N[C@@H]2CCCNC2)c1C(F)(F)F. The fourth-order valence-corrected chi connectivity index (χ4v) is 3.35. The molecule has 0 bridgehead atoms. The number of ether oxygens (including phenoxy) is 1. The number of nitrogens with one attached hydrogen (secondary N) is 2. The summed E-state index contributed by atoms with van der Waals surface area (Å²) < 4.78 is 61.2. The summed E-state index contributed by atoms with van der Waals surface area (Å²) in [6.45, 7) is 1.33. The summed E-state index contributed by atoms with van der Waals surface area (Å²) in [7, 11) is 1.11. The molecule has 2 N–H and O–H groups in total. The van der Waals surface area contributed by atoms with Crippen molar-refractivity contribution in [2.75, 3.05) is 25.5 Å². The van der Waals surface area contributed by atoms with Crippen LogP contribution in [0.1, 0.15) is 18.4 Å². The van der Waals surface area contributed by atoms with Gasteiger partial charge in [0.2, 0.25) is 5.88 Å². The molecule has 3 aromatic rings. The van der Waals surface area contributed by atoms with Crippen LogP contribution >= 0.6 is 0 Å². The molecule has 0 spiro atoms. The zero-order chi connectivity index (χ0) is 20.6. The topological polar surface area (TPSA) is 76.4 Å². The molecule has 0 unspecified atom stereocenters. The summed E-state index contributed by atoms with van der Waals surface area (Å²) in [5.74, 6) is -1.57. The average Bonchev–Trinajstić information content (AvgIpc) is 3.10. The largest absolute Gasteiger partial charge is 0.480 e. The number of imidazole rings is 1. The van der Waals surface area contributed by atoms with E-state index in [4.69, 9.17) is 4.74 Å². The smallest absolute Gasteiger partial charge is 0.425 e. The number of piperidine rings is 1.